The number of rotatable bonds is 6. The van der Waals surface area contributed by atoms with Crippen molar-refractivity contribution >= 4 is 17.6 Å². The maximum atomic E-state index is 13.6. The normalized spacial score (nSPS) is 22.0. The number of nitrogens with two attached hydrogens (primary N) is 1. The SMILES string of the molecule is C=CN(/C=C(/C)N)c1ccc(/C=C2\CCN(C)N3C2=NCCC3(C)c2ccc(F)cc2)cc1OC. The Morgan fingerprint density at radius 2 is 2.00 bits per heavy atom. The first kappa shape index (κ1) is 24.5. The summed E-state index contributed by atoms with van der Waals surface area (Å²) < 4.78 is 19.3. The quantitative estimate of drug-likeness (QED) is 0.618. The third-order valence-corrected chi connectivity index (χ3v) is 6.69. The Morgan fingerprint density at radius 3 is 2.66 bits per heavy atom. The number of benzene rings is 2. The van der Waals surface area contributed by atoms with E-state index in [9.17, 15) is 4.39 Å². The van der Waals surface area contributed by atoms with Crippen molar-refractivity contribution in [2.24, 2.45) is 10.7 Å². The highest BCUT2D eigenvalue weighted by molar-refractivity contribution is 6.03. The van der Waals surface area contributed by atoms with Gasteiger partial charge in [0.15, 0.2) is 0 Å². The van der Waals surface area contributed by atoms with Crippen molar-refractivity contribution in [3.8, 4) is 5.75 Å². The maximum absolute atomic E-state index is 13.6. The van der Waals surface area contributed by atoms with E-state index in [1.54, 1.807) is 13.3 Å². The van der Waals surface area contributed by atoms with Crippen molar-refractivity contribution < 1.29 is 9.13 Å². The van der Waals surface area contributed by atoms with Crippen LogP contribution in [0, 0.1) is 5.82 Å². The van der Waals surface area contributed by atoms with Crippen LogP contribution in [0.5, 0.6) is 5.75 Å². The van der Waals surface area contributed by atoms with E-state index in [1.807, 2.05) is 42.3 Å². The number of hydrogen-bond donors (Lipinski definition) is 1. The second-order valence-electron chi connectivity index (χ2n) is 9.24. The van der Waals surface area contributed by atoms with Gasteiger partial charge in [-0.05, 0) is 73.7 Å². The van der Waals surface area contributed by atoms with Crippen LogP contribution < -0.4 is 15.4 Å². The molecule has 2 aromatic carbocycles. The van der Waals surface area contributed by atoms with Crippen LogP contribution in [-0.4, -0.2) is 43.1 Å². The minimum absolute atomic E-state index is 0.223. The van der Waals surface area contributed by atoms with Gasteiger partial charge in [0.05, 0.1) is 18.3 Å². The van der Waals surface area contributed by atoms with E-state index in [0.717, 1.165) is 47.8 Å². The summed E-state index contributed by atoms with van der Waals surface area (Å²) >= 11 is 0. The first-order valence-corrected chi connectivity index (χ1v) is 11.8. The zero-order valence-corrected chi connectivity index (χ0v) is 21.0. The van der Waals surface area contributed by atoms with Gasteiger partial charge in [0, 0.05) is 38.2 Å². The summed E-state index contributed by atoms with van der Waals surface area (Å²) in [4.78, 5) is 6.79. The summed E-state index contributed by atoms with van der Waals surface area (Å²) in [6.07, 6.45) is 7.43. The van der Waals surface area contributed by atoms with Gasteiger partial charge in [0.25, 0.3) is 0 Å². The molecule has 2 N–H and O–H groups in total. The predicted octanol–water partition coefficient (Wildman–Crippen LogP) is 5.26. The number of hydrazine groups is 1. The van der Waals surface area contributed by atoms with Crippen molar-refractivity contribution in [2.75, 3.05) is 32.1 Å². The molecule has 35 heavy (non-hydrogen) atoms. The minimum atomic E-state index is -0.308. The summed E-state index contributed by atoms with van der Waals surface area (Å²) in [6.45, 7) is 9.51. The molecule has 0 radical (unpaired) electrons. The first-order chi connectivity index (χ1) is 16.8. The number of nitrogens with zero attached hydrogens (tertiary/aromatic N) is 4. The molecule has 1 saturated heterocycles. The van der Waals surface area contributed by atoms with Gasteiger partial charge in [-0.15, -0.1) is 0 Å². The number of hydrogen-bond acceptors (Lipinski definition) is 6. The molecule has 0 aromatic heterocycles. The van der Waals surface area contributed by atoms with Gasteiger partial charge in [-0.3, -0.25) is 10.0 Å². The monoisotopic (exact) mass is 475 g/mol. The first-order valence-electron chi connectivity index (χ1n) is 11.8. The number of amidine groups is 1. The summed E-state index contributed by atoms with van der Waals surface area (Å²) in [5.74, 6) is 1.47. The average molecular weight is 476 g/mol. The molecule has 2 aliphatic heterocycles. The maximum Gasteiger partial charge on any atom is 0.143 e. The third-order valence-electron chi connectivity index (χ3n) is 6.69. The summed E-state index contributed by atoms with van der Waals surface area (Å²) in [5, 5.41) is 4.50. The molecule has 184 valence electrons. The molecule has 2 heterocycles. The molecule has 6 nitrogen and oxygen atoms in total. The molecule has 2 aromatic rings. The van der Waals surface area contributed by atoms with E-state index < -0.39 is 0 Å². The third kappa shape index (κ3) is 4.82. The summed E-state index contributed by atoms with van der Waals surface area (Å²) in [6, 6.07) is 12.9. The molecule has 4 rings (SSSR count). The zero-order valence-electron chi connectivity index (χ0n) is 21.0. The van der Waals surface area contributed by atoms with Gasteiger partial charge in [-0.25, -0.2) is 9.40 Å². The van der Waals surface area contributed by atoms with Crippen LogP contribution in [0.1, 0.15) is 37.8 Å². The minimum Gasteiger partial charge on any atom is -0.495 e. The fourth-order valence-electron chi connectivity index (χ4n) is 4.91. The predicted molar refractivity (Wildman–Crippen MR) is 141 cm³/mol. The summed E-state index contributed by atoms with van der Waals surface area (Å²) in [5.41, 5.74) is 10.4. The molecule has 0 saturated carbocycles. The van der Waals surface area contributed by atoms with E-state index in [2.05, 4.69) is 42.7 Å². The largest absolute Gasteiger partial charge is 0.495 e. The number of aliphatic imine (C=N–C) groups is 1. The molecule has 0 amide bonds. The Labute approximate surface area is 207 Å². The lowest BCUT2D eigenvalue weighted by atomic mass is 9.84. The van der Waals surface area contributed by atoms with E-state index >= 15 is 0 Å². The van der Waals surface area contributed by atoms with E-state index in [-0.39, 0.29) is 11.4 Å². The van der Waals surface area contributed by atoms with Crippen LogP contribution in [0.25, 0.3) is 6.08 Å². The molecular formula is C28H34FN5O. The highest BCUT2D eigenvalue weighted by atomic mass is 19.1. The van der Waals surface area contributed by atoms with Gasteiger partial charge in [-0.1, -0.05) is 24.8 Å². The van der Waals surface area contributed by atoms with Crippen molar-refractivity contribution in [3.05, 3.63) is 89.7 Å². The van der Waals surface area contributed by atoms with Gasteiger partial charge >= 0.3 is 0 Å². The molecule has 0 spiro atoms. The van der Waals surface area contributed by atoms with Gasteiger partial charge < -0.3 is 15.4 Å². The van der Waals surface area contributed by atoms with E-state index in [4.69, 9.17) is 15.5 Å². The molecule has 7 heteroatoms. The average Bonchev–Trinajstić information content (AvgIpc) is 2.84. The molecule has 2 aliphatic rings. The Morgan fingerprint density at radius 1 is 1.26 bits per heavy atom. The molecule has 1 fully saturated rings. The van der Waals surface area contributed by atoms with Crippen molar-refractivity contribution in [2.45, 2.75) is 32.2 Å². The number of halogens is 1. The lowest BCUT2D eigenvalue weighted by Crippen LogP contribution is -2.60. The van der Waals surface area contributed by atoms with Crippen molar-refractivity contribution in [3.63, 3.8) is 0 Å². The number of anilines is 1. The van der Waals surface area contributed by atoms with Crippen molar-refractivity contribution in [1.82, 2.24) is 10.0 Å². The van der Waals surface area contributed by atoms with Crippen LogP contribution in [0.15, 0.2) is 77.7 Å². The van der Waals surface area contributed by atoms with Crippen LogP contribution in [0.3, 0.4) is 0 Å². The lowest BCUT2D eigenvalue weighted by molar-refractivity contribution is -0.0382. The van der Waals surface area contributed by atoms with Crippen LogP contribution >= 0.6 is 0 Å². The smallest absolute Gasteiger partial charge is 0.143 e. The Balaban J connectivity index is 1.71. The highest BCUT2D eigenvalue weighted by Crippen LogP contribution is 2.40. The molecule has 0 bridgehead atoms. The summed E-state index contributed by atoms with van der Waals surface area (Å²) in [7, 11) is 3.75. The molecular weight excluding hydrogens is 441 g/mol. The fraction of sp³-hybridized carbons (Fsp3) is 0.321. The van der Waals surface area contributed by atoms with Gasteiger partial charge in [0.1, 0.15) is 17.4 Å². The molecule has 1 atom stereocenters. The Kier molecular flexibility index (Phi) is 6.98. The molecule has 1 unspecified atom stereocenters. The molecule has 0 aliphatic carbocycles. The van der Waals surface area contributed by atoms with E-state index in [1.165, 1.54) is 17.7 Å². The van der Waals surface area contributed by atoms with Crippen LogP contribution in [0.2, 0.25) is 0 Å². The number of ether oxygens (including phenoxy) is 1. The lowest BCUT2D eigenvalue weighted by Gasteiger charge is -2.53. The topological polar surface area (TPSA) is 57.3 Å². The number of methoxy groups -OCH3 is 1. The second kappa shape index (κ2) is 9.96. The van der Waals surface area contributed by atoms with Crippen LogP contribution in [-0.2, 0) is 5.54 Å². The van der Waals surface area contributed by atoms with Gasteiger partial charge in [0.2, 0.25) is 0 Å². The number of fused-ring (bicyclic) bond motifs is 1. The van der Waals surface area contributed by atoms with Crippen LogP contribution in [0.4, 0.5) is 10.1 Å². The van der Waals surface area contributed by atoms with Gasteiger partial charge in [-0.2, -0.15) is 0 Å². The Hall–Kier alpha value is -3.58. The standard InChI is InChI=1S/C28H34FN5O/c1-6-33(19-20(2)30)25-12-7-21(18-26(25)35-5)17-22-13-16-32(4)34-27(22)31-15-14-28(34,3)23-8-10-24(29)11-9-23/h6-12,17-19H,1,13-16,30H2,2-5H3/b20-19-,22-17+. The fourth-order valence-corrected chi connectivity index (χ4v) is 4.91. The Bertz CT molecular complexity index is 1180. The van der Waals surface area contributed by atoms with E-state index in [0.29, 0.717) is 12.2 Å². The van der Waals surface area contributed by atoms with Crippen molar-refractivity contribution in [1.29, 1.82) is 0 Å². The number of allylic oxidation sites excluding steroid dienone is 1. The second-order valence-corrected chi connectivity index (χ2v) is 9.24. The highest BCUT2D eigenvalue weighted by Gasteiger charge is 2.43. The zero-order chi connectivity index (χ0) is 25.2.